The Morgan fingerprint density at radius 3 is 2.81 bits per heavy atom. The molecule has 1 N–H and O–H groups in total. The van der Waals surface area contributed by atoms with E-state index in [1.54, 1.807) is 0 Å². The number of hydrogen-bond acceptors (Lipinski definition) is 3. The molecule has 1 fully saturated rings. The number of carbonyl (C=O) groups is 1. The van der Waals surface area contributed by atoms with Gasteiger partial charge in [0.2, 0.25) is 0 Å². The molecule has 0 aromatic carbocycles. The minimum atomic E-state index is -0.659. The van der Waals surface area contributed by atoms with Crippen molar-refractivity contribution < 1.29 is 14.3 Å². The van der Waals surface area contributed by atoms with E-state index in [0.29, 0.717) is 12.6 Å². The van der Waals surface area contributed by atoms with Gasteiger partial charge in [0.25, 0.3) is 0 Å². The third-order valence-electron chi connectivity index (χ3n) is 4.64. The zero-order valence-electron chi connectivity index (χ0n) is 13.6. The van der Waals surface area contributed by atoms with Crippen molar-refractivity contribution in [3.8, 4) is 0 Å². The highest BCUT2D eigenvalue weighted by Crippen LogP contribution is 2.32. The van der Waals surface area contributed by atoms with E-state index in [2.05, 4.69) is 31.7 Å². The summed E-state index contributed by atoms with van der Waals surface area (Å²) in [6.45, 7) is 10.2. The first-order chi connectivity index (χ1) is 9.79. The molecule has 0 amide bonds. The summed E-state index contributed by atoms with van der Waals surface area (Å²) in [4.78, 5) is 13.5. The van der Waals surface area contributed by atoms with Crippen LogP contribution in [0.15, 0.2) is 16.5 Å². The highest BCUT2D eigenvalue weighted by molar-refractivity contribution is 5.70. The Balaban J connectivity index is 2.00. The molecule has 1 saturated heterocycles. The minimum Gasteiger partial charge on any atom is -0.481 e. The Labute approximate surface area is 127 Å². The lowest BCUT2D eigenvalue weighted by Gasteiger charge is -2.38. The van der Waals surface area contributed by atoms with Crippen LogP contribution >= 0.6 is 0 Å². The Morgan fingerprint density at radius 2 is 2.24 bits per heavy atom. The van der Waals surface area contributed by atoms with E-state index in [1.807, 2.05) is 13.0 Å². The molecule has 0 saturated carbocycles. The van der Waals surface area contributed by atoms with Crippen molar-refractivity contribution in [3.05, 3.63) is 23.7 Å². The Morgan fingerprint density at radius 1 is 1.52 bits per heavy atom. The second kappa shape index (κ2) is 6.22. The van der Waals surface area contributed by atoms with Crippen molar-refractivity contribution >= 4 is 5.97 Å². The van der Waals surface area contributed by atoms with Crippen LogP contribution in [0.3, 0.4) is 0 Å². The first-order valence-electron chi connectivity index (χ1n) is 7.83. The average Bonchev–Trinajstić information content (AvgIpc) is 2.86. The van der Waals surface area contributed by atoms with E-state index >= 15 is 0 Å². The van der Waals surface area contributed by atoms with Gasteiger partial charge in [-0.2, -0.15) is 0 Å². The lowest BCUT2D eigenvalue weighted by molar-refractivity contribution is -0.143. The largest absolute Gasteiger partial charge is 0.481 e. The summed E-state index contributed by atoms with van der Waals surface area (Å²) in [5.41, 5.74) is -0.0379. The third-order valence-corrected chi connectivity index (χ3v) is 4.64. The topological polar surface area (TPSA) is 53.7 Å². The first kappa shape index (κ1) is 16.1. The van der Waals surface area contributed by atoms with Crippen molar-refractivity contribution in [3.63, 3.8) is 0 Å². The van der Waals surface area contributed by atoms with Gasteiger partial charge in [0, 0.05) is 18.0 Å². The smallest absolute Gasteiger partial charge is 0.307 e. The van der Waals surface area contributed by atoms with Crippen LogP contribution in [0.2, 0.25) is 0 Å². The lowest BCUT2D eigenvalue weighted by Crippen LogP contribution is -2.45. The van der Waals surface area contributed by atoms with Crippen molar-refractivity contribution in [2.75, 3.05) is 13.1 Å². The van der Waals surface area contributed by atoms with Crippen molar-refractivity contribution in [1.82, 2.24) is 4.90 Å². The van der Waals surface area contributed by atoms with Gasteiger partial charge in [-0.25, -0.2) is 0 Å². The molecule has 0 unspecified atom stereocenters. The minimum absolute atomic E-state index is 0.0379. The Bertz CT molecular complexity index is 492. The maximum atomic E-state index is 11.2. The summed E-state index contributed by atoms with van der Waals surface area (Å²) in [7, 11) is 0. The highest BCUT2D eigenvalue weighted by Gasteiger charge is 2.32. The van der Waals surface area contributed by atoms with E-state index in [-0.39, 0.29) is 11.3 Å². The van der Waals surface area contributed by atoms with Crippen molar-refractivity contribution in [2.24, 2.45) is 5.92 Å². The van der Waals surface area contributed by atoms with E-state index in [0.717, 1.165) is 37.3 Å². The fraction of sp³-hybridized carbons (Fsp3) is 0.706. The molecule has 21 heavy (non-hydrogen) atoms. The number of hydrogen-bond donors (Lipinski definition) is 1. The summed E-state index contributed by atoms with van der Waals surface area (Å²) in [5.74, 6) is 1.08. The third kappa shape index (κ3) is 3.88. The second-order valence-corrected chi connectivity index (χ2v) is 7.02. The van der Waals surface area contributed by atoms with Crippen LogP contribution in [-0.2, 0) is 10.2 Å². The molecule has 0 spiro atoms. The molecule has 0 aliphatic carbocycles. The lowest BCUT2D eigenvalue weighted by atomic mass is 9.82. The van der Waals surface area contributed by atoms with Gasteiger partial charge < -0.3 is 9.52 Å². The molecule has 4 heteroatoms. The van der Waals surface area contributed by atoms with Gasteiger partial charge in [-0.05, 0) is 51.8 Å². The zero-order chi connectivity index (χ0) is 15.6. The van der Waals surface area contributed by atoms with Gasteiger partial charge in [0.05, 0.1) is 5.92 Å². The summed E-state index contributed by atoms with van der Waals surface area (Å²) in [5, 5.41) is 9.21. The van der Waals surface area contributed by atoms with E-state index < -0.39 is 5.97 Å². The van der Waals surface area contributed by atoms with Gasteiger partial charge in [-0.3, -0.25) is 9.69 Å². The van der Waals surface area contributed by atoms with Crippen molar-refractivity contribution in [2.45, 2.75) is 58.4 Å². The van der Waals surface area contributed by atoms with E-state index in [9.17, 15) is 9.90 Å². The summed E-state index contributed by atoms with van der Waals surface area (Å²) < 4.78 is 5.78. The van der Waals surface area contributed by atoms with E-state index in [1.165, 1.54) is 0 Å². The van der Waals surface area contributed by atoms with E-state index in [4.69, 9.17) is 4.42 Å². The van der Waals surface area contributed by atoms with Gasteiger partial charge in [0.1, 0.15) is 11.5 Å². The predicted molar refractivity (Wildman–Crippen MR) is 82.5 cm³/mol. The number of rotatable bonds is 5. The maximum absolute atomic E-state index is 11.2. The number of aryl methyl sites for hydroxylation is 1. The van der Waals surface area contributed by atoms with Gasteiger partial charge in [0.15, 0.2) is 0 Å². The summed E-state index contributed by atoms with van der Waals surface area (Å²) in [6.07, 6.45) is 2.74. The molecule has 2 heterocycles. The molecule has 1 aromatic heterocycles. The molecule has 2 rings (SSSR count). The number of aliphatic carboxylic acids is 1. The molecule has 1 aliphatic heterocycles. The Hall–Kier alpha value is -1.29. The van der Waals surface area contributed by atoms with Crippen LogP contribution in [-0.4, -0.2) is 35.1 Å². The zero-order valence-corrected chi connectivity index (χ0v) is 13.6. The van der Waals surface area contributed by atoms with Crippen LogP contribution < -0.4 is 0 Å². The average molecular weight is 293 g/mol. The van der Waals surface area contributed by atoms with Gasteiger partial charge in [-0.15, -0.1) is 0 Å². The van der Waals surface area contributed by atoms with Crippen LogP contribution in [0, 0.1) is 12.8 Å². The molecular weight excluding hydrogens is 266 g/mol. The fourth-order valence-corrected chi connectivity index (χ4v) is 3.37. The summed E-state index contributed by atoms with van der Waals surface area (Å²) in [6, 6.07) is 4.41. The monoisotopic (exact) mass is 293 g/mol. The standard InChI is InChI=1S/C17H27NO3/c1-12(18-9-5-6-14(11-18)16(19)20)10-17(3,4)15-8-7-13(2)21-15/h7-8,12,14H,5-6,9-11H2,1-4H3,(H,19,20)/t12-,14+/m1/s1. The second-order valence-electron chi connectivity index (χ2n) is 7.02. The molecule has 4 nitrogen and oxygen atoms in total. The van der Waals surface area contributed by atoms with Crippen LogP contribution in [0.4, 0.5) is 0 Å². The quantitative estimate of drug-likeness (QED) is 0.903. The van der Waals surface area contributed by atoms with Gasteiger partial charge >= 0.3 is 5.97 Å². The molecular formula is C17H27NO3. The number of likely N-dealkylation sites (tertiary alicyclic amines) is 1. The predicted octanol–water partition coefficient (Wildman–Crippen LogP) is 3.44. The number of piperidine rings is 1. The molecule has 0 bridgehead atoms. The van der Waals surface area contributed by atoms with Crippen molar-refractivity contribution in [1.29, 1.82) is 0 Å². The van der Waals surface area contributed by atoms with Crippen LogP contribution in [0.1, 0.15) is 51.6 Å². The SMILES string of the molecule is Cc1ccc(C(C)(C)C[C@@H](C)N2CCC[C@H](C(=O)O)C2)o1. The molecule has 118 valence electrons. The van der Waals surface area contributed by atoms with Crippen LogP contribution in [0.25, 0.3) is 0 Å². The summed E-state index contributed by atoms with van der Waals surface area (Å²) >= 11 is 0. The number of carboxylic acids is 1. The molecule has 2 atom stereocenters. The normalized spacial score (nSPS) is 22.2. The maximum Gasteiger partial charge on any atom is 0.307 e. The molecule has 1 aromatic rings. The van der Waals surface area contributed by atoms with Crippen LogP contribution in [0.5, 0.6) is 0 Å². The Kier molecular flexibility index (Phi) is 4.77. The highest BCUT2D eigenvalue weighted by atomic mass is 16.4. The number of furan rings is 1. The molecule has 0 radical (unpaired) electrons. The number of carboxylic acid groups (broad SMARTS) is 1. The first-order valence-corrected chi connectivity index (χ1v) is 7.83. The number of nitrogens with zero attached hydrogens (tertiary/aromatic N) is 1. The molecule has 1 aliphatic rings. The van der Waals surface area contributed by atoms with Gasteiger partial charge in [-0.1, -0.05) is 13.8 Å². The fourth-order valence-electron chi connectivity index (χ4n) is 3.37.